The van der Waals surface area contributed by atoms with Crippen LogP contribution in [0.1, 0.15) is 55.8 Å². The molecule has 1 fully saturated rings. The molecular formula is C14H26N4. The van der Waals surface area contributed by atoms with Crippen LogP contribution in [0.3, 0.4) is 0 Å². The van der Waals surface area contributed by atoms with Gasteiger partial charge in [-0.25, -0.2) is 0 Å². The first-order valence-corrected chi connectivity index (χ1v) is 7.17. The van der Waals surface area contributed by atoms with Crippen LogP contribution in [0.5, 0.6) is 0 Å². The summed E-state index contributed by atoms with van der Waals surface area (Å²) in [4.78, 5) is 0. The normalized spacial score (nSPS) is 19.7. The van der Waals surface area contributed by atoms with E-state index in [9.17, 15) is 0 Å². The van der Waals surface area contributed by atoms with Gasteiger partial charge in [0.15, 0.2) is 0 Å². The van der Waals surface area contributed by atoms with Gasteiger partial charge in [0.05, 0.1) is 5.69 Å². The lowest BCUT2D eigenvalue weighted by Gasteiger charge is -2.23. The molecule has 1 heterocycles. The number of nitrogens with one attached hydrogen (secondary N) is 1. The van der Waals surface area contributed by atoms with Crippen LogP contribution in [0.2, 0.25) is 0 Å². The van der Waals surface area contributed by atoms with E-state index in [1.165, 1.54) is 44.1 Å². The molecule has 1 unspecified atom stereocenters. The summed E-state index contributed by atoms with van der Waals surface area (Å²) in [6.45, 7) is 2.70. The van der Waals surface area contributed by atoms with Crippen LogP contribution < -0.4 is 11.1 Å². The van der Waals surface area contributed by atoms with E-state index in [-0.39, 0.29) is 6.04 Å². The monoisotopic (exact) mass is 250 g/mol. The van der Waals surface area contributed by atoms with E-state index in [0.29, 0.717) is 12.6 Å². The van der Waals surface area contributed by atoms with Crippen molar-refractivity contribution >= 4 is 0 Å². The number of nitrogens with zero attached hydrogens (tertiary/aromatic N) is 2. The van der Waals surface area contributed by atoms with E-state index < -0.39 is 0 Å². The summed E-state index contributed by atoms with van der Waals surface area (Å²) in [6.07, 6.45) is 10.1. The van der Waals surface area contributed by atoms with Gasteiger partial charge in [0, 0.05) is 37.4 Å². The summed E-state index contributed by atoms with van der Waals surface area (Å²) in [6, 6.07) is 0.877. The molecule has 1 aliphatic carbocycles. The van der Waals surface area contributed by atoms with Gasteiger partial charge in [0.25, 0.3) is 0 Å². The molecule has 1 aromatic heterocycles. The van der Waals surface area contributed by atoms with Crippen molar-refractivity contribution < 1.29 is 0 Å². The van der Waals surface area contributed by atoms with Crippen molar-refractivity contribution in [3.63, 3.8) is 0 Å². The number of hydrogen-bond donors (Lipinski definition) is 2. The van der Waals surface area contributed by atoms with Gasteiger partial charge < -0.3 is 11.1 Å². The Hall–Kier alpha value is -0.870. The van der Waals surface area contributed by atoms with Gasteiger partial charge in [-0.05, 0) is 19.8 Å². The fourth-order valence-corrected chi connectivity index (χ4v) is 2.98. The number of aryl methyl sites for hydroxylation is 2. The van der Waals surface area contributed by atoms with Crippen LogP contribution in [0, 0.1) is 6.92 Å². The molecule has 18 heavy (non-hydrogen) atoms. The Morgan fingerprint density at radius 3 is 2.56 bits per heavy atom. The summed E-state index contributed by atoms with van der Waals surface area (Å²) in [5.74, 6) is 0. The molecule has 4 heteroatoms. The average Bonchev–Trinajstić information content (AvgIpc) is 2.57. The second-order valence-corrected chi connectivity index (χ2v) is 5.49. The van der Waals surface area contributed by atoms with Crippen molar-refractivity contribution in [2.75, 3.05) is 6.54 Å². The molecule has 0 aromatic carbocycles. The Bertz CT molecular complexity index is 364. The van der Waals surface area contributed by atoms with Crippen molar-refractivity contribution in [3.8, 4) is 0 Å². The first-order valence-electron chi connectivity index (χ1n) is 7.17. The summed E-state index contributed by atoms with van der Waals surface area (Å²) in [5, 5.41) is 8.15. The molecule has 0 bridgehead atoms. The van der Waals surface area contributed by atoms with E-state index in [1.807, 2.05) is 11.7 Å². The highest BCUT2D eigenvalue weighted by molar-refractivity contribution is 5.20. The van der Waals surface area contributed by atoms with Crippen LogP contribution in [0.4, 0.5) is 0 Å². The van der Waals surface area contributed by atoms with E-state index in [1.54, 1.807) is 0 Å². The van der Waals surface area contributed by atoms with Gasteiger partial charge in [-0.1, -0.05) is 25.7 Å². The second kappa shape index (κ2) is 6.34. The fourth-order valence-electron chi connectivity index (χ4n) is 2.98. The van der Waals surface area contributed by atoms with Gasteiger partial charge in [-0.2, -0.15) is 5.10 Å². The van der Waals surface area contributed by atoms with E-state index in [2.05, 4.69) is 23.5 Å². The summed E-state index contributed by atoms with van der Waals surface area (Å²) >= 11 is 0. The molecule has 1 aliphatic rings. The van der Waals surface area contributed by atoms with Gasteiger partial charge in [0.1, 0.15) is 0 Å². The van der Waals surface area contributed by atoms with Gasteiger partial charge >= 0.3 is 0 Å². The molecule has 1 saturated carbocycles. The van der Waals surface area contributed by atoms with Crippen LogP contribution >= 0.6 is 0 Å². The van der Waals surface area contributed by atoms with Crippen LogP contribution in [0.15, 0.2) is 6.20 Å². The van der Waals surface area contributed by atoms with Crippen molar-refractivity contribution in [1.29, 1.82) is 0 Å². The zero-order valence-corrected chi connectivity index (χ0v) is 11.7. The van der Waals surface area contributed by atoms with Crippen LogP contribution in [-0.2, 0) is 7.05 Å². The highest BCUT2D eigenvalue weighted by Crippen LogP contribution is 2.22. The molecule has 1 aromatic rings. The molecule has 4 nitrogen and oxygen atoms in total. The number of aromatic nitrogens is 2. The summed E-state index contributed by atoms with van der Waals surface area (Å²) in [5.41, 5.74) is 8.29. The predicted octanol–water partition coefficient (Wildman–Crippen LogP) is 2.04. The van der Waals surface area contributed by atoms with Gasteiger partial charge in [-0.15, -0.1) is 0 Å². The largest absolute Gasteiger partial charge is 0.329 e. The van der Waals surface area contributed by atoms with E-state index in [4.69, 9.17) is 5.73 Å². The SMILES string of the molecule is Cc1nn(C)cc1C(CN)NC1CCCCCC1. The second-order valence-electron chi connectivity index (χ2n) is 5.49. The summed E-state index contributed by atoms with van der Waals surface area (Å²) in [7, 11) is 1.97. The minimum Gasteiger partial charge on any atom is -0.329 e. The lowest BCUT2D eigenvalue weighted by Crippen LogP contribution is -2.36. The molecule has 0 radical (unpaired) electrons. The highest BCUT2D eigenvalue weighted by Gasteiger charge is 2.20. The number of hydrogen-bond acceptors (Lipinski definition) is 3. The Morgan fingerprint density at radius 2 is 2.06 bits per heavy atom. The smallest absolute Gasteiger partial charge is 0.0641 e. The first-order chi connectivity index (χ1) is 8.70. The third-order valence-corrected chi connectivity index (χ3v) is 3.95. The van der Waals surface area contributed by atoms with Gasteiger partial charge in [-0.3, -0.25) is 4.68 Å². The Labute approximate surface area is 110 Å². The lowest BCUT2D eigenvalue weighted by molar-refractivity contribution is 0.401. The maximum absolute atomic E-state index is 5.94. The summed E-state index contributed by atoms with van der Waals surface area (Å²) < 4.78 is 1.88. The first kappa shape index (κ1) is 13.6. The number of nitrogens with two attached hydrogens (primary N) is 1. The standard InChI is InChI=1S/C14H26N4/c1-11-13(10-18(2)17-11)14(9-15)16-12-7-5-3-4-6-8-12/h10,12,14,16H,3-9,15H2,1-2H3. The van der Waals surface area contributed by atoms with Crippen LogP contribution in [0.25, 0.3) is 0 Å². The molecule has 102 valence electrons. The highest BCUT2D eigenvalue weighted by atomic mass is 15.3. The zero-order valence-electron chi connectivity index (χ0n) is 11.7. The van der Waals surface area contributed by atoms with E-state index >= 15 is 0 Å². The molecule has 0 saturated heterocycles. The minimum absolute atomic E-state index is 0.252. The Kier molecular flexibility index (Phi) is 4.78. The Morgan fingerprint density at radius 1 is 1.39 bits per heavy atom. The third kappa shape index (κ3) is 3.33. The number of rotatable bonds is 4. The Balaban J connectivity index is 2.02. The molecule has 0 spiro atoms. The van der Waals surface area contributed by atoms with E-state index in [0.717, 1.165) is 5.69 Å². The zero-order chi connectivity index (χ0) is 13.0. The van der Waals surface area contributed by atoms with Gasteiger partial charge in [0.2, 0.25) is 0 Å². The van der Waals surface area contributed by atoms with Crippen molar-refractivity contribution in [2.24, 2.45) is 12.8 Å². The van der Waals surface area contributed by atoms with Crippen molar-refractivity contribution in [3.05, 3.63) is 17.5 Å². The maximum Gasteiger partial charge on any atom is 0.0641 e. The topological polar surface area (TPSA) is 55.9 Å². The van der Waals surface area contributed by atoms with Crippen molar-refractivity contribution in [1.82, 2.24) is 15.1 Å². The molecule has 0 amide bonds. The predicted molar refractivity (Wildman–Crippen MR) is 74.4 cm³/mol. The lowest BCUT2D eigenvalue weighted by atomic mass is 10.0. The molecule has 1 atom stereocenters. The third-order valence-electron chi connectivity index (χ3n) is 3.95. The molecule has 3 N–H and O–H groups in total. The quantitative estimate of drug-likeness (QED) is 0.804. The molecule has 0 aliphatic heterocycles. The average molecular weight is 250 g/mol. The minimum atomic E-state index is 0.252. The fraction of sp³-hybridized carbons (Fsp3) is 0.786. The van der Waals surface area contributed by atoms with Crippen molar-refractivity contribution in [2.45, 2.75) is 57.5 Å². The molecular weight excluding hydrogens is 224 g/mol. The maximum atomic E-state index is 5.94. The van der Waals surface area contributed by atoms with Crippen LogP contribution in [-0.4, -0.2) is 22.4 Å². The molecule has 2 rings (SSSR count).